The van der Waals surface area contributed by atoms with Crippen LogP contribution in [0.2, 0.25) is 5.02 Å². The molecule has 1 aliphatic heterocycles. The van der Waals surface area contributed by atoms with Crippen LogP contribution in [0.25, 0.3) is 0 Å². The molecule has 1 unspecified atom stereocenters. The molecule has 126 valence electrons. The zero-order chi connectivity index (χ0) is 17.1. The molecule has 0 fully saturated rings. The van der Waals surface area contributed by atoms with Gasteiger partial charge in [-0.15, -0.1) is 0 Å². The average molecular weight is 345 g/mol. The van der Waals surface area contributed by atoms with Crippen LogP contribution in [0.4, 0.5) is 10.5 Å². The Labute approximate surface area is 147 Å². The van der Waals surface area contributed by atoms with Crippen LogP contribution in [0.5, 0.6) is 5.75 Å². The second-order valence-corrected chi connectivity index (χ2v) is 6.47. The Morgan fingerprint density at radius 1 is 1.33 bits per heavy atom. The number of rotatable bonds is 4. The fraction of sp³-hybridized carbons (Fsp3) is 0.316. The number of fused-ring (bicyclic) bond motifs is 1. The van der Waals surface area contributed by atoms with E-state index in [4.69, 9.17) is 16.3 Å². The molecule has 1 heterocycles. The van der Waals surface area contributed by atoms with Crippen LogP contribution in [-0.2, 0) is 6.42 Å². The van der Waals surface area contributed by atoms with Gasteiger partial charge in [0, 0.05) is 11.7 Å². The number of aryl methyl sites for hydroxylation is 1. The van der Waals surface area contributed by atoms with Crippen molar-refractivity contribution < 1.29 is 9.53 Å². The summed E-state index contributed by atoms with van der Waals surface area (Å²) < 4.78 is 5.66. The minimum Gasteiger partial charge on any atom is -0.490 e. The molecule has 0 spiro atoms. The second kappa shape index (κ2) is 7.14. The van der Waals surface area contributed by atoms with Crippen molar-refractivity contribution in [1.29, 1.82) is 0 Å². The standard InChI is InChI=1S/C19H21ClN2O2/c1-13-7-8-16(20)18(11-13)24-10-9-21-19(23)22-14(2)12-15-5-3-4-6-17(15)22/h3-8,11,14H,9-10,12H2,1-2H3,(H,21,23). The van der Waals surface area contributed by atoms with Crippen LogP contribution in [0, 0.1) is 6.92 Å². The third kappa shape index (κ3) is 3.49. The molecule has 0 aromatic heterocycles. The quantitative estimate of drug-likeness (QED) is 0.845. The molecule has 0 aliphatic carbocycles. The van der Waals surface area contributed by atoms with E-state index in [1.165, 1.54) is 5.56 Å². The molecule has 2 aromatic carbocycles. The van der Waals surface area contributed by atoms with Gasteiger partial charge in [-0.05, 0) is 49.6 Å². The number of nitrogens with one attached hydrogen (secondary N) is 1. The molecule has 0 radical (unpaired) electrons. The maximum absolute atomic E-state index is 12.5. The molecule has 2 amide bonds. The SMILES string of the molecule is Cc1ccc(Cl)c(OCCNC(=O)N2c3ccccc3CC2C)c1. The van der Waals surface area contributed by atoms with Gasteiger partial charge < -0.3 is 10.1 Å². The molecular formula is C19H21ClN2O2. The van der Waals surface area contributed by atoms with Gasteiger partial charge in [-0.3, -0.25) is 4.90 Å². The number of urea groups is 1. The Hall–Kier alpha value is -2.20. The van der Waals surface area contributed by atoms with Gasteiger partial charge in [0.2, 0.25) is 0 Å². The van der Waals surface area contributed by atoms with E-state index in [0.717, 1.165) is 17.7 Å². The number of carbonyl (C=O) groups excluding carboxylic acids is 1. The first-order valence-electron chi connectivity index (χ1n) is 8.10. The average Bonchev–Trinajstić information content (AvgIpc) is 2.90. The highest BCUT2D eigenvalue weighted by Gasteiger charge is 2.30. The number of nitrogens with zero attached hydrogens (tertiary/aromatic N) is 1. The number of hydrogen-bond acceptors (Lipinski definition) is 2. The van der Waals surface area contributed by atoms with E-state index in [0.29, 0.717) is 23.9 Å². The number of halogens is 1. The molecule has 1 atom stereocenters. The van der Waals surface area contributed by atoms with E-state index in [1.54, 1.807) is 0 Å². The van der Waals surface area contributed by atoms with Gasteiger partial charge in [-0.2, -0.15) is 0 Å². The van der Waals surface area contributed by atoms with Crippen molar-refractivity contribution >= 4 is 23.3 Å². The topological polar surface area (TPSA) is 41.6 Å². The first-order valence-corrected chi connectivity index (χ1v) is 8.48. The molecule has 4 nitrogen and oxygen atoms in total. The van der Waals surface area contributed by atoms with Crippen molar-refractivity contribution in [3.05, 3.63) is 58.6 Å². The van der Waals surface area contributed by atoms with Gasteiger partial charge in [0.05, 0.1) is 11.6 Å². The summed E-state index contributed by atoms with van der Waals surface area (Å²) in [6, 6.07) is 13.7. The van der Waals surface area contributed by atoms with Crippen LogP contribution in [0.3, 0.4) is 0 Å². The minimum absolute atomic E-state index is 0.0913. The van der Waals surface area contributed by atoms with Crippen molar-refractivity contribution in [2.75, 3.05) is 18.1 Å². The highest BCUT2D eigenvalue weighted by molar-refractivity contribution is 6.32. The molecule has 0 bridgehead atoms. The van der Waals surface area contributed by atoms with E-state index in [-0.39, 0.29) is 12.1 Å². The Morgan fingerprint density at radius 2 is 2.12 bits per heavy atom. The lowest BCUT2D eigenvalue weighted by Crippen LogP contribution is -2.44. The largest absolute Gasteiger partial charge is 0.490 e. The number of anilines is 1. The van der Waals surface area contributed by atoms with E-state index in [2.05, 4.69) is 18.3 Å². The zero-order valence-corrected chi connectivity index (χ0v) is 14.6. The predicted molar refractivity (Wildman–Crippen MR) is 97.2 cm³/mol. The fourth-order valence-electron chi connectivity index (χ4n) is 3.00. The number of benzene rings is 2. The molecule has 2 aromatic rings. The summed E-state index contributed by atoms with van der Waals surface area (Å²) in [5, 5.41) is 3.50. The van der Waals surface area contributed by atoms with Crippen LogP contribution >= 0.6 is 11.6 Å². The number of amides is 2. The van der Waals surface area contributed by atoms with Gasteiger partial charge >= 0.3 is 6.03 Å². The van der Waals surface area contributed by atoms with Gasteiger partial charge in [0.1, 0.15) is 12.4 Å². The normalized spacial score (nSPS) is 16.0. The van der Waals surface area contributed by atoms with Crippen molar-refractivity contribution in [2.45, 2.75) is 26.3 Å². The lowest BCUT2D eigenvalue weighted by Gasteiger charge is -2.23. The molecule has 5 heteroatoms. The van der Waals surface area contributed by atoms with Crippen molar-refractivity contribution in [3.63, 3.8) is 0 Å². The fourth-order valence-corrected chi connectivity index (χ4v) is 3.17. The van der Waals surface area contributed by atoms with Crippen molar-refractivity contribution in [3.8, 4) is 5.75 Å². The highest BCUT2D eigenvalue weighted by atomic mass is 35.5. The molecule has 24 heavy (non-hydrogen) atoms. The van der Waals surface area contributed by atoms with E-state index < -0.39 is 0 Å². The third-order valence-corrected chi connectivity index (χ3v) is 4.46. The Bertz CT molecular complexity index is 748. The summed E-state index contributed by atoms with van der Waals surface area (Å²) in [5.74, 6) is 0.644. The van der Waals surface area contributed by atoms with Crippen molar-refractivity contribution in [2.24, 2.45) is 0 Å². The minimum atomic E-state index is -0.0913. The summed E-state index contributed by atoms with van der Waals surface area (Å²) in [7, 11) is 0. The maximum Gasteiger partial charge on any atom is 0.322 e. The molecule has 1 N–H and O–H groups in total. The Kier molecular flexibility index (Phi) is 4.95. The third-order valence-electron chi connectivity index (χ3n) is 4.15. The first-order chi connectivity index (χ1) is 11.6. The lowest BCUT2D eigenvalue weighted by molar-refractivity contribution is 0.240. The number of para-hydroxylation sites is 1. The van der Waals surface area contributed by atoms with E-state index in [1.807, 2.05) is 48.2 Å². The summed E-state index contributed by atoms with van der Waals surface area (Å²) in [5.41, 5.74) is 3.29. The number of hydrogen-bond donors (Lipinski definition) is 1. The highest BCUT2D eigenvalue weighted by Crippen LogP contribution is 2.31. The predicted octanol–water partition coefficient (Wildman–Crippen LogP) is 4.19. The number of carbonyl (C=O) groups is 1. The van der Waals surface area contributed by atoms with Gasteiger partial charge in [-0.1, -0.05) is 35.9 Å². The number of ether oxygens (including phenoxy) is 1. The first kappa shape index (κ1) is 16.7. The lowest BCUT2D eigenvalue weighted by atomic mass is 10.1. The van der Waals surface area contributed by atoms with E-state index in [9.17, 15) is 4.79 Å². The molecule has 0 saturated heterocycles. The Balaban J connectivity index is 1.54. The summed E-state index contributed by atoms with van der Waals surface area (Å²) in [6.45, 7) is 4.84. The zero-order valence-electron chi connectivity index (χ0n) is 13.9. The molecule has 3 rings (SSSR count). The van der Waals surface area contributed by atoms with Crippen LogP contribution in [-0.4, -0.2) is 25.2 Å². The summed E-state index contributed by atoms with van der Waals surface area (Å²) in [4.78, 5) is 14.3. The van der Waals surface area contributed by atoms with Crippen LogP contribution in [0.1, 0.15) is 18.1 Å². The summed E-state index contributed by atoms with van der Waals surface area (Å²) in [6.07, 6.45) is 0.888. The van der Waals surface area contributed by atoms with Gasteiger partial charge in [0.15, 0.2) is 0 Å². The smallest absolute Gasteiger partial charge is 0.322 e. The van der Waals surface area contributed by atoms with Crippen LogP contribution < -0.4 is 15.0 Å². The maximum atomic E-state index is 12.5. The summed E-state index contributed by atoms with van der Waals surface area (Å²) >= 11 is 6.10. The monoisotopic (exact) mass is 344 g/mol. The Morgan fingerprint density at radius 3 is 2.96 bits per heavy atom. The second-order valence-electron chi connectivity index (χ2n) is 6.07. The van der Waals surface area contributed by atoms with Gasteiger partial charge in [0.25, 0.3) is 0 Å². The van der Waals surface area contributed by atoms with Crippen molar-refractivity contribution in [1.82, 2.24) is 5.32 Å². The van der Waals surface area contributed by atoms with E-state index >= 15 is 0 Å². The molecule has 1 aliphatic rings. The van der Waals surface area contributed by atoms with Crippen LogP contribution in [0.15, 0.2) is 42.5 Å². The molecular weight excluding hydrogens is 324 g/mol. The molecule has 0 saturated carbocycles. The van der Waals surface area contributed by atoms with Gasteiger partial charge in [-0.25, -0.2) is 4.79 Å².